The summed E-state index contributed by atoms with van der Waals surface area (Å²) in [7, 11) is 2.10. The van der Waals surface area contributed by atoms with Crippen molar-refractivity contribution in [2.45, 2.75) is 38.4 Å². The molecule has 168 valence electrons. The summed E-state index contributed by atoms with van der Waals surface area (Å²) in [6.07, 6.45) is -0.431. The second kappa shape index (κ2) is 8.65. The van der Waals surface area contributed by atoms with Crippen LogP contribution in [0.2, 0.25) is 0 Å². The second-order valence-electron chi connectivity index (χ2n) is 9.04. The Labute approximate surface area is 180 Å². The number of halogens is 3. The number of pyridine rings is 1. The summed E-state index contributed by atoms with van der Waals surface area (Å²) in [6.45, 7) is 5.39. The molecule has 2 fully saturated rings. The summed E-state index contributed by atoms with van der Waals surface area (Å²) in [5.74, 6) is 0.705. The van der Waals surface area contributed by atoms with E-state index >= 15 is 0 Å². The molecule has 31 heavy (non-hydrogen) atoms. The number of nitrogens with one attached hydrogen (secondary N) is 1. The number of nitrogens with zero attached hydrogens (tertiary/aromatic N) is 3. The summed E-state index contributed by atoms with van der Waals surface area (Å²) in [5.41, 5.74) is -0.0213. The summed E-state index contributed by atoms with van der Waals surface area (Å²) in [6, 6.07) is 5.97. The van der Waals surface area contributed by atoms with Crippen molar-refractivity contribution in [3.8, 4) is 0 Å². The van der Waals surface area contributed by atoms with Crippen molar-refractivity contribution < 1.29 is 18.0 Å². The number of rotatable bonds is 4. The van der Waals surface area contributed by atoms with Crippen LogP contribution in [-0.2, 0) is 11.0 Å². The van der Waals surface area contributed by atoms with Crippen molar-refractivity contribution >= 4 is 22.5 Å². The zero-order valence-corrected chi connectivity index (χ0v) is 18.0. The number of piperidine rings is 1. The maximum absolute atomic E-state index is 13.4. The van der Waals surface area contributed by atoms with Gasteiger partial charge in [-0.15, -0.1) is 0 Å². The molecule has 5 nitrogen and oxygen atoms in total. The standard InChI is InChI=1S/C23H29F3N4O/c1-15-13-30(14-19(15)28-21(31)12-16-7-10-29(2)11-8-16)20-6-5-18(23(24,25)26)22-17(20)4-3-9-27-22/h3-6,9,15-16,19H,7-8,10-14H2,1-2H3,(H,28,31)/t15-,19+/m1/s1. The molecule has 8 heteroatoms. The fourth-order valence-electron chi connectivity index (χ4n) is 4.81. The van der Waals surface area contributed by atoms with E-state index in [0.29, 0.717) is 30.8 Å². The summed E-state index contributed by atoms with van der Waals surface area (Å²) in [5, 5.41) is 3.67. The lowest BCUT2D eigenvalue weighted by Crippen LogP contribution is -2.41. The smallest absolute Gasteiger partial charge is 0.369 e. The molecule has 2 saturated heterocycles. The van der Waals surface area contributed by atoms with Crippen LogP contribution in [0.3, 0.4) is 0 Å². The van der Waals surface area contributed by atoms with Gasteiger partial charge in [-0.1, -0.05) is 6.92 Å². The van der Waals surface area contributed by atoms with Crippen molar-refractivity contribution in [3.63, 3.8) is 0 Å². The first-order valence-corrected chi connectivity index (χ1v) is 10.9. The number of anilines is 1. The van der Waals surface area contributed by atoms with Gasteiger partial charge in [-0.25, -0.2) is 0 Å². The van der Waals surface area contributed by atoms with Gasteiger partial charge >= 0.3 is 6.18 Å². The van der Waals surface area contributed by atoms with E-state index in [2.05, 4.69) is 34.1 Å². The molecular weight excluding hydrogens is 405 g/mol. The van der Waals surface area contributed by atoms with Gasteiger partial charge in [-0.05, 0) is 69.1 Å². The van der Waals surface area contributed by atoms with E-state index in [9.17, 15) is 18.0 Å². The van der Waals surface area contributed by atoms with Gasteiger partial charge in [0.2, 0.25) is 5.91 Å². The largest absolute Gasteiger partial charge is 0.418 e. The Morgan fingerprint density at radius 3 is 2.65 bits per heavy atom. The lowest BCUT2D eigenvalue weighted by atomic mass is 9.93. The fourth-order valence-corrected chi connectivity index (χ4v) is 4.81. The summed E-state index contributed by atoms with van der Waals surface area (Å²) < 4.78 is 40.2. The number of aromatic nitrogens is 1. The predicted molar refractivity (Wildman–Crippen MR) is 115 cm³/mol. The number of fused-ring (bicyclic) bond motifs is 1. The van der Waals surface area contributed by atoms with E-state index < -0.39 is 11.7 Å². The monoisotopic (exact) mass is 434 g/mol. The molecule has 1 amide bonds. The van der Waals surface area contributed by atoms with Gasteiger partial charge in [0.05, 0.1) is 17.1 Å². The highest BCUT2D eigenvalue weighted by molar-refractivity contribution is 5.94. The van der Waals surface area contributed by atoms with Gasteiger partial charge in [-0.2, -0.15) is 13.2 Å². The predicted octanol–water partition coefficient (Wildman–Crippen LogP) is 3.93. The van der Waals surface area contributed by atoms with Gasteiger partial charge in [0.15, 0.2) is 0 Å². The van der Waals surface area contributed by atoms with Gasteiger partial charge in [0, 0.05) is 36.8 Å². The van der Waals surface area contributed by atoms with Crippen molar-refractivity contribution in [2.75, 3.05) is 38.1 Å². The Hall–Kier alpha value is -2.35. The van der Waals surface area contributed by atoms with Crippen molar-refractivity contribution in [2.24, 2.45) is 11.8 Å². The molecular formula is C23H29F3N4O. The van der Waals surface area contributed by atoms with Crippen LogP contribution in [0.15, 0.2) is 30.5 Å². The van der Waals surface area contributed by atoms with E-state index in [1.54, 1.807) is 12.1 Å². The van der Waals surface area contributed by atoms with E-state index in [1.807, 2.05) is 0 Å². The maximum Gasteiger partial charge on any atom is 0.418 e. The van der Waals surface area contributed by atoms with E-state index in [-0.39, 0.29) is 23.4 Å². The van der Waals surface area contributed by atoms with Gasteiger partial charge in [-0.3, -0.25) is 9.78 Å². The third kappa shape index (κ3) is 4.79. The number of carbonyl (C=O) groups excluding carboxylic acids is 1. The van der Waals surface area contributed by atoms with E-state index in [0.717, 1.165) is 37.7 Å². The SMILES string of the molecule is C[C@@H]1CN(c2ccc(C(F)(F)F)c3ncccc23)C[C@@H]1NC(=O)CC1CCN(C)CC1. The highest BCUT2D eigenvalue weighted by Gasteiger charge is 2.36. The Kier molecular flexibility index (Phi) is 6.10. The first kappa shape index (κ1) is 21.9. The highest BCUT2D eigenvalue weighted by Crippen LogP contribution is 2.38. The van der Waals surface area contributed by atoms with Crippen molar-refractivity contribution in [3.05, 3.63) is 36.0 Å². The third-order valence-corrected chi connectivity index (χ3v) is 6.66. The number of hydrogen-bond acceptors (Lipinski definition) is 4. The number of hydrogen-bond donors (Lipinski definition) is 1. The second-order valence-corrected chi connectivity index (χ2v) is 9.04. The normalized spacial score (nSPS) is 23.5. The fraction of sp³-hybridized carbons (Fsp3) is 0.565. The topological polar surface area (TPSA) is 48.5 Å². The van der Waals surface area contributed by atoms with Crippen LogP contribution in [0.1, 0.15) is 31.7 Å². The lowest BCUT2D eigenvalue weighted by molar-refractivity contribution is -0.136. The van der Waals surface area contributed by atoms with Crippen molar-refractivity contribution in [1.29, 1.82) is 0 Å². The first-order chi connectivity index (χ1) is 14.7. The molecule has 0 aliphatic carbocycles. The summed E-state index contributed by atoms with van der Waals surface area (Å²) >= 11 is 0. The van der Waals surface area contributed by atoms with E-state index in [1.165, 1.54) is 12.3 Å². The van der Waals surface area contributed by atoms with Crippen LogP contribution in [0.25, 0.3) is 10.9 Å². The number of amides is 1. The lowest BCUT2D eigenvalue weighted by Gasteiger charge is -2.29. The van der Waals surface area contributed by atoms with Crippen LogP contribution < -0.4 is 10.2 Å². The molecule has 2 aliphatic rings. The molecule has 4 rings (SSSR count). The Morgan fingerprint density at radius 2 is 1.94 bits per heavy atom. The number of likely N-dealkylation sites (tertiary alicyclic amines) is 1. The number of carbonyl (C=O) groups is 1. The van der Waals surface area contributed by atoms with Gasteiger partial charge < -0.3 is 15.1 Å². The Balaban J connectivity index is 1.46. The molecule has 0 unspecified atom stereocenters. The highest BCUT2D eigenvalue weighted by atomic mass is 19.4. The Morgan fingerprint density at radius 1 is 1.19 bits per heavy atom. The molecule has 2 atom stereocenters. The van der Waals surface area contributed by atoms with Crippen LogP contribution in [0.5, 0.6) is 0 Å². The Bertz CT molecular complexity index is 940. The van der Waals surface area contributed by atoms with Gasteiger partial charge in [0.25, 0.3) is 0 Å². The molecule has 0 radical (unpaired) electrons. The van der Waals surface area contributed by atoms with Crippen LogP contribution in [0, 0.1) is 11.8 Å². The minimum atomic E-state index is -4.45. The van der Waals surface area contributed by atoms with Crippen molar-refractivity contribution in [1.82, 2.24) is 15.2 Å². The molecule has 1 aromatic heterocycles. The average molecular weight is 435 g/mol. The molecule has 2 aromatic rings. The minimum absolute atomic E-state index is 0.0206. The summed E-state index contributed by atoms with van der Waals surface area (Å²) in [4.78, 5) is 21.0. The average Bonchev–Trinajstić information content (AvgIpc) is 3.08. The van der Waals surface area contributed by atoms with Gasteiger partial charge in [0.1, 0.15) is 0 Å². The molecule has 0 bridgehead atoms. The number of benzene rings is 1. The van der Waals surface area contributed by atoms with Crippen LogP contribution >= 0.6 is 0 Å². The number of alkyl halides is 3. The zero-order chi connectivity index (χ0) is 22.2. The van der Waals surface area contributed by atoms with Crippen LogP contribution in [0.4, 0.5) is 18.9 Å². The zero-order valence-electron chi connectivity index (χ0n) is 18.0. The minimum Gasteiger partial charge on any atom is -0.369 e. The third-order valence-electron chi connectivity index (χ3n) is 6.66. The molecule has 2 aliphatic heterocycles. The van der Waals surface area contributed by atoms with Crippen LogP contribution in [-0.4, -0.2) is 55.1 Å². The molecule has 1 aromatic carbocycles. The maximum atomic E-state index is 13.4. The van der Waals surface area contributed by atoms with E-state index in [4.69, 9.17) is 0 Å². The molecule has 1 N–H and O–H groups in total. The molecule has 3 heterocycles. The first-order valence-electron chi connectivity index (χ1n) is 10.9. The molecule has 0 saturated carbocycles. The molecule has 0 spiro atoms. The quantitative estimate of drug-likeness (QED) is 0.792.